The van der Waals surface area contributed by atoms with E-state index in [9.17, 15) is 14.4 Å². The van der Waals surface area contributed by atoms with E-state index in [0.717, 1.165) is 15.9 Å². The number of Topliss-reactive ketones (excluding diaryl/α,β-unsaturated/α-hetero) is 1. The summed E-state index contributed by atoms with van der Waals surface area (Å²) in [5, 5.41) is 16.2. The minimum atomic E-state index is -1.64. The van der Waals surface area contributed by atoms with E-state index >= 15 is 0 Å². The van der Waals surface area contributed by atoms with Gasteiger partial charge in [0.05, 0.1) is 11.9 Å². The molecule has 0 radical (unpaired) electrons. The number of hydrogen-bond donors (Lipinski definition) is 1. The quantitative estimate of drug-likeness (QED) is 0.646. The van der Waals surface area contributed by atoms with Crippen LogP contribution in [0.5, 0.6) is 0 Å². The molecule has 0 bridgehead atoms. The summed E-state index contributed by atoms with van der Waals surface area (Å²) < 4.78 is 0. The van der Waals surface area contributed by atoms with Crippen molar-refractivity contribution < 1.29 is 19.5 Å². The normalized spacial score (nSPS) is 10.3. The molecule has 7 heteroatoms. The fourth-order valence-corrected chi connectivity index (χ4v) is 1.69. The van der Waals surface area contributed by atoms with Crippen LogP contribution < -0.4 is 0 Å². The van der Waals surface area contributed by atoms with Gasteiger partial charge in [-0.2, -0.15) is 10.2 Å². The molecule has 0 saturated carbocycles. The van der Waals surface area contributed by atoms with E-state index in [-0.39, 0.29) is 0 Å². The third-order valence-electron chi connectivity index (χ3n) is 2.82. The van der Waals surface area contributed by atoms with E-state index in [0.29, 0.717) is 12.1 Å². The highest BCUT2D eigenvalue weighted by Gasteiger charge is 2.19. The van der Waals surface area contributed by atoms with Crippen LogP contribution in [0.25, 0.3) is 0 Å². The zero-order valence-corrected chi connectivity index (χ0v) is 11.3. The lowest BCUT2D eigenvalue weighted by atomic mass is 10.1. The number of aliphatic carboxylic acids is 1. The van der Waals surface area contributed by atoms with Gasteiger partial charge < -0.3 is 5.11 Å². The lowest BCUT2D eigenvalue weighted by Crippen LogP contribution is -2.22. The number of rotatable bonds is 5. The minimum absolute atomic E-state index is 0.500. The van der Waals surface area contributed by atoms with Gasteiger partial charge in [0.2, 0.25) is 5.78 Å². The van der Waals surface area contributed by atoms with Gasteiger partial charge in [0.1, 0.15) is 6.42 Å². The zero-order valence-electron chi connectivity index (χ0n) is 11.3. The predicted octanol–water partition coefficient (Wildman–Crippen LogP) is 0.861. The van der Waals surface area contributed by atoms with Crippen molar-refractivity contribution in [2.24, 2.45) is 0 Å². The fourth-order valence-electron chi connectivity index (χ4n) is 1.69. The molecule has 0 aliphatic heterocycles. The summed E-state index contributed by atoms with van der Waals surface area (Å²) >= 11 is 0. The molecular weight excluding hydrogens is 274 g/mol. The highest BCUT2D eigenvalue weighted by atomic mass is 16.4. The number of ketones is 1. The molecule has 0 aliphatic rings. The van der Waals surface area contributed by atoms with Gasteiger partial charge >= 0.3 is 5.97 Å². The first kappa shape index (κ1) is 14.6. The second-order valence-corrected chi connectivity index (χ2v) is 4.59. The molecule has 1 heterocycles. The van der Waals surface area contributed by atoms with Crippen LogP contribution in [0.15, 0.2) is 30.5 Å². The summed E-state index contributed by atoms with van der Waals surface area (Å²) in [5.41, 5.74) is 2.72. The van der Waals surface area contributed by atoms with Crippen LogP contribution in [0.3, 0.4) is 0 Å². The van der Waals surface area contributed by atoms with Crippen LogP contribution in [0.1, 0.15) is 28.0 Å². The van der Waals surface area contributed by atoms with Gasteiger partial charge in [-0.25, -0.2) is 4.79 Å². The topological polar surface area (TPSA) is 102 Å². The number of hydrogen-bond acceptors (Lipinski definition) is 5. The second-order valence-electron chi connectivity index (χ2n) is 4.59. The number of carbonyl (C=O) groups excluding carboxylic acids is 2. The van der Waals surface area contributed by atoms with Crippen molar-refractivity contribution in [3.05, 3.63) is 47.3 Å². The van der Waals surface area contributed by atoms with E-state index in [2.05, 4.69) is 10.2 Å². The number of nitrogens with zero attached hydrogens (tertiary/aromatic N) is 3. The Kier molecular flexibility index (Phi) is 4.22. The van der Waals surface area contributed by atoms with Crippen molar-refractivity contribution in [2.45, 2.75) is 19.8 Å². The third-order valence-corrected chi connectivity index (χ3v) is 2.82. The van der Waals surface area contributed by atoms with Crippen molar-refractivity contribution in [2.75, 3.05) is 0 Å². The average Bonchev–Trinajstić information content (AvgIpc) is 2.90. The van der Waals surface area contributed by atoms with Crippen LogP contribution >= 0.6 is 0 Å². The molecule has 0 fully saturated rings. The molecular formula is C14H13N3O4. The van der Waals surface area contributed by atoms with Gasteiger partial charge in [-0.1, -0.05) is 29.8 Å². The molecule has 108 valence electrons. The molecule has 21 heavy (non-hydrogen) atoms. The Morgan fingerprint density at radius 3 is 2.48 bits per heavy atom. The van der Waals surface area contributed by atoms with Gasteiger partial charge in [0, 0.05) is 6.42 Å². The molecule has 0 spiro atoms. The summed E-state index contributed by atoms with van der Waals surface area (Å²) in [6.45, 7) is 1.98. The SMILES string of the molecule is Cc1ccc(Cc2cnn(C(=O)CC(=O)C(=O)O)n2)cc1. The molecule has 0 amide bonds. The van der Waals surface area contributed by atoms with Gasteiger partial charge in [0.15, 0.2) is 0 Å². The Morgan fingerprint density at radius 1 is 1.19 bits per heavy atom. The summed E-state index contributed by atoms with van der Waals surface area (Å²) in [6, 6.07) is 7.83. The Hall–Kier alpha value is -2.83. The summed E-state index contributed by atoms with van der Waals surface area (Å²) in [4.78, 5) is 33.7. The van der Waals surface area contributed by atoms with Crippen LogP contribution in [-0.4, -0.2) is 37.8 Å². The lowest BCUT2D eigenvalue weighted by molar-refractivity contribution is -0.148. The standard InChI is InChI=1S/C14H13N3O4/c1-9-2-4-10(5-3-9)6-11-8-15-17(16-11)13(19)7-12(18)14(20)21/h2-5,8H,6-7H2,1H3,(H,20,21). The van der Waals surface area contributed by atoms with Crippen molar-refractivity contribution in [3.8, 4) is 0 Å². The number of aryl methyl sites for hydroxylation is 1. The first-order chi connectivity index (χ1) is 9.95. The Balaban J connectivity index is 2.04. The maximum atomic E-state index is 11.6. The van der Waals surface area contributed by atoms with E-state index in [1.54, 1.807) is 0 Å². The third kappa shape index (κ3) is 3.82. The Bertz CT molecular complexity index is 688. The van der Waals surface area contributed by atoms with Crippen LogP contribution in [-0.2, 0) is 16.0 Å². The number of carbonyl (C=O) groups is 3. The molecule has 7 nitrogen and oxygen atoms in total. The largest absolute Gasteiger partial charge is 0.475 e. The highest BCUT2D eigenvalue weighted by molar-refractivity contribution is 6.36. The number of carboxylic acid groups (broad SMARTS) is 1. The first-order valence-electron chi connectivity index (χ1n) is 6.22. The highest BCUT2D eigenvalue weighted by Crippen LogP contribution is 2.08. The maximum Gasteiger partial charge on any atom is 0.372 e. The van der Waals surface area contributed by atoms with E-state index in [1.165, 1.54) is 6.20 Å². The fraction of sp³-hybridized carbons (Fsp3) is 0.214. The predicted molar refractivity (Wildman–Crippen MR) is 71.9 cm³/mol. The molecule has 1 aromatic carbocycles. The van der Waals surface area contributed by atoms with Crippen molar-refractivity contribution >= 4 is 17.7 Å². The average molecular weight is 287 g/mol. The Labute approximate surface area is 120 Å². The summed E-state index contributed by atoms with van der Waals surface area (Å²) in [7, 11) is 0. The van der Waals surface area contributed by atoms with Crippen LogP contribution in [0.4, 0.5) is 0 Å². The van der Waals surface area contributed by atoms with Crippen molar-refractivity contribution in [1.29, 1.82) is 0 Å². The molecule has 2 aromatic rings. The monoisotopic (exact) mass is 287 g/mol. The Morgan fingerprint density at radius 2 is 1.86 bits per heavy atom. The molecule has 2 rings (SSSR count). The molecule has 1 N–H and O–H groups in total. The summed E-state index contributed by atoms with van der Waals surface area (Å²) in [5.74, 6) is -3.59. The van der Waals surface area contributed by atoms with Gasteiger partial charge in [-0.3, -0.25) is 9.59 Å². The van der Waals surface area contributed by atoms with Crippen molar-refractivity contribution in [1.82, 2.24) is 15.0 Å². The molecule has 1 aromatic heterocycles. The van der Waals surface area contributed by atoms with E-state index < -0.39 is 24.1 Å². The van der Waals surface area contributed by atoms with Crippen LogP contribution in [0.2, 0.25) is 0 Å². The number of aromatic nitrogens is 3. The zero-order chi connectivity index (χ0) is 15.4. The number of carboxylic acids is 1. The second kappa shape index (κ2) is 6.08. The van der Waals surface area contributed by atoms with Gasteiger partial charge in [-0.15, -0.1) is 4.80 Å². The number of benzene rings is 1. The summed E-state index contributed by atoms with van der Waals surface area (Å²) in [6.07, 6.45) is 1.16. The smallest absolute Gasteiger partial charge is 0.372 e. The molecule has 0 atom stereocenters. The first-order valence-corrected chi connectivity index (χ1v) is 6.22. The molecule has 0 aliphatic carbocycles. The lowest BCUT2D eigenvalue weighted by Gasteiger charge is -1.98. The van der Waals surface area contributed by atoms with E-state index in [1.807, 2.05) is 31.2 Å². The van der Waals surface area contributed by atoms with Gasteiger partial charge in [0.25, 0.3) is 5.91 Å². The minimum Gasteiger partial charge on any atom is -0.475 e. The van der Waals surface area contributed by atoms with Crippen molar-refractivity contribution in [3.63, 3.8) is 0 Å². The maximum absolute atomic E-state index is 11.6. The van der Waals surface area contributed by atoms with E-state index in [4.69, 9.17) is 5.11 Å². The molecule has 0 saturated heterocycles. The van der Waals surface area contributed by atoms with Crippen LogP contribution in [0, 0.1) is 6.92 Å². The molecule has 0 unspecified atom stereocenters. The van der Waals surface area contributed by atoms with Gasteiger partial charge in [-0.05, 0) is 12.5 Å².